The Balaban J connectivity index is 1.68. The van der Waals surface area contributed by atoms with Crippen LogP contribution in [0.1, 0.15) is 11.3 Å². The van der Waals surface area contributed by atoms with Gasteiger partial charge in [0.1, 0.15) is 4.90 Å². The molecule has 1 aliphatic rings. The molecular formula is C16H22N4O3S. The van der Waals surface area contributed by atoms with Crippen molar-refractivity contribution in [1.29, 1.82) is 0 Å². The molecule has 1 fully saturated rings. The lowest BCUT2D eigenvalue weighted by molar-refractivity contribution is 0.0342. The Morgan fingerprint density at radius 2 is 1.88 bits per heavy atom. The van der Waals surface area contributed by atoms with E-state index in [9.17, 15) is 8.42 Å². The molecule has 1 N–H and O–H groups in total. The molecule has 0 saturated carbocycles. The van der Waals surface area contributed by atoms with E-state index in [0.29, 0.717) is 11.4 Å². The predicted octanol–water partition coefficient (Wildman–Crippen LogP) is 1.36. The number of aryl methyl sites for hydroxylation is 2. The zero-order valence-electron chi connectivity index (χ0n) is 13.9. The Morgan fingerprint density at radius 3 is 2.46 bits per heavy atom. The average molecular weight is 350 g/mol. The number of nitrogens with zero attached hydrogens (tertiary/aromatic N) is 3. The summed E-state index contributed by atoms with van der Waals surface area (Å²) in [6.45, 7) is 5.91. The summed E-state index contributed by atoms with van der Waals surface area (Å²) >= 11 is 0. The molecule has 0 atom stereocenters. The summed E-state index contributed by atoms with van der Waals surface area (Å²) in [5.74, 6) is 0. The fraction of sp³-hybridized carbons (Fsp3) is 0.438. The van der Waals surface area contributed by atoms with Gasteiger partial charge in [-0.25, -0.2) is 8.42 Å². The van der Waals surface area contributed by atoms with Crippen molar-refractivity contribution in [3.63, 3.8) is 0 Å². The van der Waals surface area contributed by atoms with Crippen LogP contribution in [0.5, 0.6) is 0 Å². The van der Waals surface area contributed by atoms with Gasteiger partial charge < -0.3 is 4.74 Å². The van der Waals surface area contributed by atoms with Gasteiger partial charge in [-0.2, -0.15) is 5.10 Å². The van der Waals surface area contributed by atoms with Gasteiger partial charge in [0.2, 0.25) is 0 Å². The third-order valence-corrected chi connectivity index (χ3v) is 5.46. The van der Waals surface area contributed by atoms with Gasteiger partial charge in [-0.1, -0.05) is 12.1 Å². The van der Waals surface area contributed by atoms with Crippen LogP contribution < -0.4 is 4.72 Å². The van der Waals surface area contributed by atoms with E-state index in [1.54, 1.807) is 26.1 Å². The molecule has 0 spiro atoms. The van der Waals surface area contributed by atoms with E-state index in [4.69, 9.17) is 4.74 Å². The highest BCUT2D eigenvalue weighted by molar-refractivity contribution is 7.92. The molecule has 130 valence electrons. The Labute approximate surface area is 142 Å². The van der Waals surface area contributed by atoms with Crippen LogP contribution in [0.3, 0.4) is 0 Å². The molecular weight excluding hydrogens is 328 g/mol. The zero-order chi connectivity index (χ0) is 17.2. The second-order valence-corrected chi connectivity index (χ2v) is 7.59. The molecule has 0 radical (unpaired) electrons. The third-order valence-electron chi connectivity index (χ3n) is 3.97. The maximum Gasteiger partial charge on any atom is 0.265 e. The highest BCUT2D eigenvalue weighted by Gasteiger charge is 2.20. The number of morpholine rings is 1. The van der Waals surface area contributed by atoms with E-state index in [0.717, 1.165) is 38.4 Å². The van der Waals surface area contributed by atoms with Crippen molar-refractivity contribution in [1.82, 2.24) is 14.7 Å². The highest BCUT2D eigenvalue weighted by atomic mass is 32.2. The average Bonchev–Trinajstić information content (AvgIpc) is 2.90. The van der Waals surface area contributed by atoms with Crippen molar-refractivity contribution < 1.29 is 13.2 Å². The summed E-state index contributed by atoms with van der Waals surface area (Å²) in [6, 6.07) is 7.48. The summed E-state index contributed by atoms with van der Waals surface area (Å²) in [5, 5.41) is 4.08. The molecule has 0 unspecified atom stereocenters. The van der Waals surface area contributed by atoms with Crippen LogP contribution in [0.15, 0.2) is 35.4 Å². The molecule has 8 heteroatoms. The molecule has 24 heavy (non-hydrogen) atoms. The summed E-state index contributed by atoms with van der Waals surface area (Å²) < 4.78 is 34.3. The topological polar surface area (TPSA) is 76.5 Å². The van der Waals surface area contributed by atoms with Gasteiger partial charge in [-0.15, -0.1) is 0 Å². The number of hydrogen-bond donors (Lipinski definition) is 1. The van der Waals surface area contributed by atoms with E-state index in [2.05, 4.69) is 14.7 Å². The van der Waals surface area contributed by atoms with Crippen molar-refractivity contribution in [2.75, 3.05) is 31.0 Å². The van der Waals surface area contributed by atoms with Crippen LogP contribution in [0.4, 0.5) is 5.69 Å². The molecule has 0 bridgehead atoms. The first-order chi connectivity index (χ1) is 11.4. The van der Waals surface area contributed by atoms with Crippen LogP contribution in [0, 0.1) is 6.92 Å². The maximum atomic E-state index is 12.5. The Kier molecular flexibility index (Phi) is 4.88. The smallest absolute Gasteiger partial charge is 0.265 e. The SMILES string of the molecule is Cc1nn(C)cc1S(=O)(=O)Nc1ccc(CN2CCOCC2)cc1. The quantitative estimate of drug-likeness (QED) is 0.881. The number of anilines is 1. The second kappa shape index (κ2) is 6.92. The third kappa shape index (κ3) is 3.95. The number of nitrogens with one attached hydrogen (secondary N) is 1. The first kappa shape index (κ1) is 16.9. The summed E-state index contributed by atoms with van der Waals surface area (Å²) in [6.07, 6.45) is 1.50. The highest BCUT2D eigenvalue weighted by Crippen LogP contribution is 2.19. The Bertz CT molecular complexity index is 793. The van der Waals surface area contributed by atoms with E-state index in [1.807, 2.05) is 12.1 Å². The zero-order valence-corrected chi connectivity index (χ0v) is 14.7. The molecule has 1 aromatic heterocycles. The lowest BCUT2D eigenvalue weighted by Crippen LogP contribution is -2.35. The standard InChI is InChI=1S/C16H22N4O3S/c1-13-16(12-19(2)17-13)24(21,22)18-15-5-3-14(4-6-15)11-20-7-9-23-10-8-20/h3-6,12,18H,7-11H2,1-2H3. The number of sulfonamides is 1. The van der Waals surface area contributed by atoms with Crippen molar-refractivity contribution in [2.24, 2.45) is 7.05 Å². The molecule has 1 aliphatic heterocycles. The van der Waals surface area contributed by atoms with Crippen LogP contribution in [-0.2, 0) is 28.4 Å². The lowest BCUT2D eigenvalue weighted by atomic mass is 10.2. The number of benzene rings is 1. The Hall–Kier alpha value is -1.90. The summed E-state index contributed by atoms with van der Waals surface area (Å²) in [5.41, 5.74) is 2.18. The summed E-state index contributed by atoms with van der Waals surface area (Å²) in [4.78, 5) is 2.52. The minimum Gasteiger partial charge on any atom is -0.379 e. The van der Waals surface area contributed by atoms with E-state index in [-0.39, 0.29) is 4.90 Å². The van der Waals surface area contributed by atoms with Crippen molar-refractivity contribution in [3.05, 3.63) is 41.7 Å². The monoisotopic (exact) mass is 350 g/mol. The van der Waals surface area contributed by atoms with E-state index >= 15 is 0 Å². The van der Waals surface area contributed by atoms with Gasteiger partial charge in [0.05, 0.1) is 18.9 Å². The minimum atomic E-state index is -3.62. The second-order valence-electron chi connectivity index (χ2n) is 5.94. The molecule has 2 heterocycles. The van der Waals surface area contributed by atoms with E-state index in [1.165, 1.54) is 10.9 Å². The minimum absolute atomic E-state index is 0.197. The molecule has 0 amide bonds. The van der Waals surface area contributed by atoms with Gasteiger partial charge in [0, 0.05) is 38.6 Å². The molecule has 1 aromatic carbocycles. The number of ether oxygens (including phenoxy) is 1. The first-order valence-electron chi connectivity index (χ1n) is 7.86. The van der Waals surface area contributed by atoms with Gasteiger partial charge in [-0.05, 0) is 24.6 Å². The van der Waals surface area contributed by atoms with Gasteiger partial charge in [-0.3, -0.25) is 14.3 Å². The van der Waals surface area contributed by atoms with Crippen LogP contribution in [0.2, 0.25) is 0 Å². The first-order valence-corrected chi connectivity index (χ1v) is 9.34. The summed E-state index contributed by atoms with van der Waals surface area (Å²) in [7, 11) is -1.92. The molecule has 0 aliphatic carbocycles. The lowest BCUT2D eigenvalue weighted by Gasteiger charge is -2.26. The van der Waals surface area contributed by atoms with Crippen LogP contribution >= 0.6 is 0 Å². The van der Waals surface area contributed by atoms with E-state index < -0.39 is 10.0 Å². The van der Waals surface area contributed by atoms with Crippen molar-refractivity contribution in [3.8, 4) is 0 Å². The predicted molar refractivity (Wildman–Crippen MR) is 91.3 cm³/mol. The molecule has 7 nitrogen and oxygen atoms in total. The molecule has 3 rings (SSSR count). The van der Waals surface area contributed by atoms with Crippen molar-refractivity contribution >= 4 is 15.7 Å². The Morgan fingerprint density at radius 1 is 1.21 bits per heavy atom. The van der Waals surface area contributed by atoms with Gasteiger partial charge >= 0.3 is 0 Å². The van der Waals surface area contributed by atoms with Gasteiger partial charge in [0.25, 0.3) is 10.0 Å². The number of aromatic nitrogens is 2. The largest absolute Gasteiger partial charge is 0.379 e. The molecule has 2 aromatic rings. The molecule has 1 saturated heterocycles. The van der Waals surface area contributed by atoms with Crippen LogP contribution in [-0.4, -0.2) is 49.4 Å². The van der Waals surface area contributed by atoms with Gasteiger partial charge in [0.15, 0.2) is 0 Å². The number of hydrogen-bond acceptors (Lipinski definition) is 5. The van der Waals surface area contributed by atoms with Crippen molar-refractivity contribution in [2.45, 2.75) is 18.4 Å². The number of rotatable bonds is 5. The fourth-order valence-corrected chi connectivity index (χ4v) is 4.02. The normalized spacial score (nSPS) is 16.2. The maximum absolute atomic E-state index is 12.5. The fourth-order valence-electron chi connectivity index (χ4n) is 2.75. The van der Waals surface area contributed by atoms with Crippen LogP contribution in [0.25, 0.3) is 0 Å².